The molecule has 0 heterocycles. The van der Waals surface area contributed by atoms with Gasteiger partial charge < -0.3 is 15.3 Å². The summed E-state index contributed by atoms with van der Waals surface area (Å²) in [4.78, 5) is 13.1. The number of carbonyl (C=O) groups excluding carboxylic acids is 1. The SMILES string of the molecule is CC(=O)NC1CCC(N(C)CCO)CC1. The minimum absolute atomic E-state index is 0.0714. The van der Waals surface area contributed by atoms with Gasteiger partial charge in [-0.05, 0) is 32.7 Å². The molecule has 1 aliphatic rings. The van der Waals surface area contributed by atoms with Crippen molar-refractivity contribution < 1.29 is 9.90 Å². The fourth-order valence-corrected chi connectivity index (χ4v) is 2.29. The van der Waals surface area contributed by atoms with Crippen LogP contribution >= 0.6 is 0 Å². The molecule has 0 aromatic rings. The smallest absolute Gasteiger partial charge is 0.217 e. The molecule has 1 aliphatic carbocycles. The van der Waals surface area contributed by atoms with E-state index in [0.717, 1.165) is 32.2 Å². The molecule has 0 bridgehead atoms. The summed E-state index contributed by atoms with van der Waals surface area (Å²) in [6.07, 6.45) is 4.34. The van der Waals surface area contributed by atoms with Crippen LogP contribution in [0.15, 0.2) is 0 Å². The van der Waals surface area contributed by atoms with E-state index in [1.54, 1.807) is 6.92 Å². The van der Waals surface area contributed by atoms with Gasteiger partial charge in [0.15, 0.2) is 0 Å². The molecule has 4 nitrogen and oxygen atoms in total. The van der Waals surface area contributed by atoms with Gasteiger partial charge in [0.25, 0.3) is 0 Å². The topological polar surface area (TPSA) is 52.6 Å². The Balaban J connectivity index is 2.26. The molecule has 1 saturated carbocycles. The van der Waals surface area contributed by atoms with Crippen molar-refractivity contribution in [2.75, 3.05) is 20.2 Å². The van der Waals surface area contributed by atoms with Gasteiger partial charge in [-0.15, -0.1) is 0 Å². The molecule has 0 atom stereocenters. The zero-order valence-corrected chi connectivity index (χ0v) is 9.70. The molecule has 0 aliphatic heterocycles. The normalized spacial score (nSPS) is 26.7. The lowest BCUT2D eigenvalue weighted by atomic mass is 9.90. The largest absolute Gasteiger partial charge is 0.395 e. The molecule has 0 spiro atoms. The molecule has 1 rings (SSSR count). The van der Waals surface area contributed by atoms with E-state index in [-0.39, 0.29) is 12.5 Å². The first-order chi connectivity index (χ1) is 7.13. The minimum atomic E-state index is 0.0714. The third-order valence-corrected chi connectivity index (χ3v) is 3.18. The van der Waals surface area contributed by atoms with Gasteiger partial charge in [0.05, 0.1) is 6.61 Å². The van der Waals surface area contributed by atoms with E-state index in [1.807, 2.05) is 0 Å². The Hall–Kier alpha value is -0.610. The minimum Gasteiger partial charge on any atom is -0.395 e. The number of amides is 1. The fraction of sp³-hybridized carbons (Fsp3) is 0.909. The Morgan fingerprint density at radius 1 is 1.40 bits per heavy atom. The molecular weight excluding hydrogens is 192 g/mol. The lowest BCUT2D eigenvalue weighted by Crippen LogP contribution is -2.42. The quantitative estimate of drug-likeness (QED) is 0.710. The first-order valence-corrected chi connectivity index (χ1v) is 5.71. The van der Waals surface area contributed by atoms with E-state index in [9.17, 15) is 4.79 Å². The zero-order valence-electron chi connectivity index (χ0n) is 9.70. The first-order valence-electron chi connectivity index (χ1n) is 5.71. The molecule has 15 heavy (non-hydrogen) atoms. The molecule has 0 unspecified atom stereocenters. The van der Waals surface area contributed by atoms with Crippen molar-refractivity contribution in [1.29, 1.82) is 0 Å². The maximum absolute atomic E-state index is 10.9. The van der Waals surface area contributed by atoms with Gasteiger partial charge in [-0.25, -0.2) is 0 Å². The summed E-state index contributed by atoms with van der Waals surface area (Å²) in [7, 11) is 2.06. The summed E-state index contributed by atoms with van der Waals surface area (Å²) in [5.41, 5.74) is 0. The predicted octanol–water partition coefficient (Wildman–Crippen LogP) is 0.358. The molecule has 0 saturated heterocycles. The Kier molecular flexibility index (Phi) is 5.05. The number of hydrogen-bond acceptors (Lipinski definition) is 3. The van der Waals surface area contributed by atoms with E-state index in [0.29, 0.717) is 12.1 Å². The molecular formula is C11H22N2O2. The average molecular weight is 214 g/mol. The highest BCUT2D eigenvalue weighted by molar-refractivity contribution is 5.73. The van der Waals surface area contributed by atoms with E-state index in [4.69, 9.17) is 5.11 Å². The fourth-order valence-electron chi connectivity index (χ4n) is 2.29. The molecule has 0 aromatic heterocycles. The van der Waals surface area contributed by atoms with Crippen molar-refractivity contribution >= 4 is 5.91 Å². The van der Waals surface area contributed by atoms with Crippen molar-refractivity contribution in [3.63, 3.8) is 0 Å². The highest BCUT2D eigenvalue weighted by Crippen LogP contribution is 2.22. The summed E-state index contributed by atoms with van der Waals surface area (Å²) in [5.74, 6) is 0.0714. The van der Waals surface area contributed by atoms with Gasteiger partial charge >= 0.3 is 0 Å². The Morgan fingerprint density at radius 2 is 2.00 bits per heavy atom. The molecule has 1 fully saturated rings. The maximum Gasteiger partial charge on any atom is 0.217 e. The van der Waals surface area contributed by atoms with Gasteiger partial charge in [0.1, 0.15) is 0 Å². The van der Waals surface area contributed by atoms with Gasteiger partial charge in [-0.1, -0.05) is 0 Å². The van der Waals surface area contributed by atoms with Gasteiger partial charge in [-0.3, -0.25) is 4.79 Å². The van der Waals surface area contributed by atoms with Gasteiger partial charge in [0.2, 0.25) is 5.91 Å². The second-order valence-corrected chi connectivity index (χ2v) is 4.41. The molecule has 4 heteroatoms. The summed E-state index contributed by atoms with van der Waals surface area (Å²) >= 11 is 0. The third kappa shape index (κ3) is 4.18. The van der Waals surface area contributed by atoms with E-state index < -0.39 is 0 Å². The predicted molar refractivity (Wildman–Crippen MR) is 59.6 cm³/mol. The van der Waals surface area contributed by atoms with Crippen LogP contribution in [0.25, 0.3) is 0 Å². The number of aliphatic hydroxyl groups is 1. The Labute approximate surface area is 91.6 Å². The van der Waals surface area contributed by atoms with Crippen LogP contribution in [0.5, 0.6) is 0 Å². The standard InChI is InChI=1S/C11H22N2O2/c1-9(15)12-10-3-5-11(6-4-10)13(2)7-8-14/h10-11,14H,3-8H2,1-2H3,(H,12,15). The van der Waals surface area contributed by atoms with Crippen LogP contribution in [0, 0.1) is 0 Å². The van der Waals surface area contributed by atoms with Crippen molar-refractivity contribution in [2.45, 2.75) is 44.7 Å². The number of hydrogen-bond donors (Lipinski definition) is 2. The van der Waals surface area contributed by atoms with Crippen LogP contribution in [0.4, 0.5) is 0 Å². The summed E-state index contributed by atoms with van der Waals surface area (Å²) in [5, 5.41) is 11.8. The molecule has 2 N–H and O–H groups in total. The van der Waals surface area contributed by atoms with Crippen LogP contribution in [0.2, 0.25) is 0 Å². The first kappa shape index (κ1) is 12.5. The van der Waals surface area contributed by atoms with E-state index in [1.165, 1.54) is 0 Å². The second-order valence-electron chi connectivity index (χ2n) is 4.41. The third-order valence-electron chi connectivity index (χ3n) is 3.18. The summed E-state index contributed by atoms with van der Waals surface area (Å²) < 4.78 is 0. The molecule has 88 valence electrons. The second kappa shape index (κ2) is 6.08. The summed E-state index contributed by atoms with van der Waals surface area (Å²) in [6, 6.07) is 0.934. The highest BCUT2D eigenvalue weighted by atomic mass is 16.3. The van der Waals surface area contributed by atoms with Crippen LogP contribution in [-0.2, 0) is 4.79 Å². The Morgan fingerprint density at radius 3 is 2.47 bits per heavy atom. The lowest BCUT2D eigenvalue weighted by Gasteiger charge is -2.34. The Bertz CT molecular complexity index is 201. The molecule has 0 aromatic carbocycles. The highest BCUT2D eigenvalue weighted by Gasteiger charge is 2.23. The number of likely N-dealkylation sites (N-methyl/N-ethyl adjacent to an activating group) is 1. The number of carbonyl (C=O) groups is 1. The van der Waals surface area contributed by atoms with E-state index >= 15 is 0 Å². The average Bonchev–Trinajstić information content (AvgIpc) is 2.18. The van der Waals surface area contributed by atoms with Gasteiger partial charge in [0, 0.05) is 25.6 Å². The van der Waals surface area contributed by atoms with Crippen molar-refractivity contribution in [3.05, 3.63) is 0 Å². The monoisotopic (exact) mass is 214 g/mol. The van der Waals surface area contributed by atoms with Crippen molar-refractivity contribution in [2.24, 2.45) is 0 Å². The number of aliphatic hydroxyl groups excluding tert-OH is 1. The van der Waals surface area contributed by atoms with Crippen molar-refractivity contribution in [1.82, 2.24) is 10.2 Å². The molecule has 1 amide bonds. The molecule has 0 radical (unpaired) electrons. The number of rotatable bonds is 4. The van der Waals surface area contributed by atoms with Crippen LogP contribution in [0.3, 0.4) is 0 Å². The van der Waals surface area contributed by atoms with Gasteiger partial charge in [-0.2, -0.15) is 0 Å². The summed E-state index contributed by atoms with van der Waals surface area (Å²) in [6.45, 7) is 2.54. The van der Waals surface area contributed by atoms with Crippen LogP contribution in [-0.4, -0.2) is 48.2 Å². The lowest BCUT2D eigenvalue weighted by molar-refractivity contribution is -0.119. The number of nitrogens with zero attached hydrogens (tertiary/aromatic N) is 1. The van der Waals surface area contributed by atoms with Crippen molar-refractivity contribution in [3.8, 4) is 0 Å². The van der Waals surface area contributed by atoms with E-state index in [2.05, 4.69) is 17.3 Å². The maximum atomic E-state index is 10.9. The number of nitrogens with one attached hydrogen (secondary N) is 1. The van der Waals surface area contributed by atoms with Crippen LogP contribution in [0.1, 0.15) is 32.6 Å². The zero-order chi connectivity index (χ0) is 11.3. The van der Waals surface area contributed by atoms with Crippen LogP contribution < -0.4 is 5.32 Å².